The van der Waals surface area contributed by atoms with E-state index in [0.717, 1.165) is 25.2 Å². The molecule has 2 N–H and O–H groups in total. The molecular formula is C14H22N2O2. The average molecular weight is 250 g/mol. The minimum atomic E-state index is 0.0349. The Morgan fingerprint density at radius 3 is 2.94 bits per heavy atom. The van der Waals surface area contributed by atoms with Crippen LogP contribution in [0.15, 0.2) is 24.3 Å². The number of anilines is 1. The van der Waals surface area contributed by atoms with Crippen molar-refractivity contribution in [2.75, 3.05) is 25.6 Å². The van der Waals surface area contributed by atoms with Gasteiger partial charge >= 0.3 is 0 Å². The highest BCUT2D eigenvalue weighted by Crippen LogP contribution is 2.11. The third kappa shape index (κ3) is 5.80. The second-order valence-corrected chi connectivity index (χ2v) is 4.13. The van der Waals surface area contributed by atoms with Crippen LogP contribution in [0.1, 0.15) is 25.3 Å². The summed E-state index contributed by atoms with van der Waals surface area (Å²) in [6.45, 7) is 4.45. The molecule has 1 aromatic carbocycles. The molecule has 0 aliphatic carbocycles. The highest BCUT2D eigenvalue weighted by molar-refractivity contribution is 5.90. The molecule has 1 amide bonds. The van der Waals surface area contributed by atoms with Crippen LogP contribution in [0.3, 0.4) is 0 Å². The molecule has 0 aromatic heterocycles. The van der Waals surface area contributed by atoms with E-state index in [-0.39, 0.29) is 5.91 Å². The number of benzene rings is 1. The topological polar surface area (TPSA) is 50.4 Å². The summed E-state index contributed by atoms with van der Waals surface area (Å²) in [5, 5.41) is 6.15. The van der Waals surface area contributed by atoms with Gasteiger partial charge in [0.1, 0.15) is 0 Å². The molecule has 0 atom stereocenters. The molecule has 0 radical (unpaired) electrons. The average Bonchev–Trinajstić information content (AvgIpc) is 2.37. The van der Waals surface area contributed by atoms with Crippen molar-refractivity contribution >= 4 is 11.6 Å². The summed E-state index contributed by atoms with van der Waals surface area (Å²) in [5.41, 5.74) is 2.03. The SMILES string of the molecule is CCNCc1cccc(NC(=O)CCCOC)c1. The number of hydrogen-bond acceptors (Lipinski definition) is 3. The summed E-state index contributed by atoms with van der Waals surface area (Å²) in [6, 6.07) is 7.90. The molecule has 0 aliphatic rings. The lowest BCUT2D eigenvalue weighted by molar-refractivity contribution is -0.116. The van der Waals surface area contributed by atoms with Crippen LogP contribution in [0.25, 0.3) is 0 Å². The minimum Gasteiger partial charge on any atom is -0.385 e. The van der Waals surface area contributed by atoms with Crippen molar-refractivity contribution in [3.05, 3.63) is 29.8 Å². The first kappa shape index (κ1) is 14.7. The summed E-state index contributed by atoms with van der Waals surface area (Å²) in [5.74, 6) is 0.0349. The molecule has 0 saturated heterocycles. The van der Waals surface area contributed by atoms with Crippen molar-refractivity contribution in [1.82, 2.24) is 5.32 Å². The van der Waals surface area contributed by atoms with E-state index in [1.54, 1.807) is 7.11 Å². The molecule has 0 saturated carbocycles. The van der Waals surface area contributed by atoms with Gasteiger partial charge in [0.25, 0.3) is 0 Å². The van der Waals surface area contributed by atoms with E-state index in [4.69, 9.17) is 4.74 Å². The van der Waals surface area contributed by atoms with Crippen molar-refractivity contribution < 1.29 is 9.53 Å². The van der Waals surface area contributed by atoms with Gasteiger partial charge in [0.15, 0.2) is 0 Å². The Kier molecular flexibility index (Phi) is 7.06. The maximum atomic E-state index is 11.6. The van der Waals surface area contributed by atoms with E-state index >= 15 is 0 Å². The lowest BCUT2D eigenvalue weighted by atomic mass is 10.2. The number of ether oxygens (including phenoxy) is 1. The van der Waals surface area contributed by atoms with Gasteiger partial charge < -0.3 is 15.4 Å². The molecule has 4 heteroatoms. The van der Waals surface area contributed by atoms with Gasteiger partial charge in [0, 0.05) is 32.4 Å². The first-order valence-corrected chi connectivity index (χ1v) is 6.34. The summed E-state index contributed by atoms with van der Waals surface area (Å²) in [4.78, 5) is 11.6. The van der Waals surface area contributed by atoms with Crippen molar-refractivity contribution in [3.8, 4) is 0 Å². The van der Waals surface area contributed by atoms with Gasteiger partial charge in [-0.25, -0.2) is 0 Å². The Morgan fingerprint density at radius 1 is 1.39 bits per heavy atom. The molecule has 1 aromatic rings. The third-order valence-corrected chi connectivity index (χ3v) is 2.54. The molecule has 100 valence electrons. The molecule has 0 unspecified atom stereocenters. The predicted molar refractivity (Wildman–Crippen MR) is 73.6 cm³/mol. The normalized spacial score (nSPS) is 10.3. The fraction of sp³-hybridized carbons (Fsp3) is 0.500. The number of amides is 1. The van der Waals surface area contributed by atoms with Gasteiger partial charge in [-0.15, -0.1) is 0 Å². The zero-order valence-electron chi connectivity index (χ0n) is 11.2. The first-order valence-electron chi connectivity index (χ1n) is 6.34. The monoisotopic (exact) mass is 250 g/mol. The zero-order valence-corrected chi connectivity index (χ0v) is 11.2. The highest BCUT2D eigenvalue weighted by Gasteiger charge is 2.02. The van der Waals surface area contributed by atoms with Crippen LogP contribution in [-0.2, 0) is 16.1 Å². The Balaban J connectivity index is 2.43. The van der Waals surface area contributed by atoms with E-state index in [1.807, 2.05) is 24.3 Å². The molecule has 4 nitrogen and oxygen atoms in total. The number of rotatable bonds is 8. The molecule has 0 aliphatic heterocycles. The van der Waals surface area contributed by atoms with Gasteiger partial charge in [-0.2, -0.15) is 0 Å². The van der Waals surface area contributed by atoms with Crippen LogP contribution in [0.5, 0.6) is 0 Å². The third-order valence-electron chi connectivity index (χ3n) is 2.54. The lowest BCUT2D eigenvalue weighted by Crippen LogP contribution is -2.14. The van der Waals surface area contributed by atoms with Gasteiger partial charge in [0.2, 0.25) is 5.91 Å². The van der Waals surface area contributed by atoms with Gasteiger partial charge in [-0.3, -0.25) is 4.79 Å². The molecule has 0 spiro atoms. The fourth-order valence-corrected chi connectivity index (χ4v) is 1.63. The Labute approximate surface area is 109 Å². The van der Waals surface area contributed by atoms with Crippen LogP contribution in [-0.4, -0.2) is 26.2 Å². The summed E-state index contributed by atoms with van der Waals surface area (Å²) < 4.78 is 4.92. The molecule has 0 fully saturated rings. The largest absolute Gasteiger partial charge is 0.385 e. The van der Waals surface area contributed by atoms with Crippen LogP contribution in [0.4, 0.5) is 5.69 Å². The van der Waals surface area contributed by atoms with Crippen molar-refractivity contribution in [1.29, 1.82) is 0 Å². The summed E-state index contributed by atoms with van der Waals surface area (Å²) >= 11 is 0. The second-order valence-electron chi connectivity index (χ2n) is 4.13. The number of methoxy groups -OCH3 is 1. The molecule has 0 bridgehead atoms. The number of hydrogen-bond donors (Lipinski definition) is 2. The van der Waals surface area contributed by atoms with Gasteiger partial charge in [-0.1, -0.05) is 19.1 Å². The van der Waals surface area contributed by atoms with Crippen molar-refractivity contribution in [3.63, 3.8) is 0 Å². The van der Waals surface area contributed by atoms with E-state index in [2.05, 4.69) is 17.6 Å². The quantitative estimate of drug-likeness (QED) is 0.695. The molecule has 0 heterocycles. The van der Waals surface area contributed by atoms with Crippen LogP contribution in [0, 0.1) is 0 Å². The predicted octanol–water partition coefficient (Wildman–Crippen LogP) is 2.16. The standard InChI is InChI=1S/C14H22N2O2/c1-3-15-11-12-6-4-7-13(10-12)16-14(17)8-5-9-18-2/h4,6-7,10,15H,3,5,8-9,11H2,1-2H3,(H,16,17). The highest BCUT2D eigenvalue weighted by atomic mass is 16.5. The fourth-order valence-electron chi connectivity index (χ4n) is 1.63. The minimum absolute atomic E-state index is 0.0349. The Hall–Kier alpha value is -1.39. The smallest absolute Gasteiger partial charge is 0.224 e. The number of nitrogens with one attached hydrogen (secondary N) is 2. The van der Waals surface area contributed by atoms with E-state index in [0.29, 0.717) is 13.0 Å². The van der Waals surface area contributed by atoms with Gasteiger partial charge in [-0.05, 0) is 30.7 Å². The molecule has 18 heavy (non-hydrogen) atoms. The van der Waals surface area contributed by atoms with Crippen LogP contribution in [0.2, 0.25) is 0 Å². The Bertz CT molecular complexity index is 367. The summed E-state index contributed by atoms with van der Waals surface area (Å²) in [6.07, 6.45) is 1.24. The van der Waals surface area contributed by atoms with E-state index in [1.165, 1.54) is 5.56 Å². The van der Waals surface area contributed by atoms with Crippen LogP contribution < -0.4 is 10.6 Å². The maximum absolute atomic E-state index is 11.6. The number of carbonyl (C=O) groups is 1. The second kappa shape index (κ2) is 8.66. The summed E-state index contributed by atoms with van der Waals surface area (Å²) in [7, 11) is 1.64. The number of carbonyl (C=O) groups excluding carboxylic acids is 1. The molecule has 1 rings (SSSR count). The van der Waals surface area contributed by atoms with Crippen LogP contribution >= 0.6 is 0 Å². The lowest BCUT2D eigenvalue weighted by Gasteiger charge is -2.07. The van der Waals surface area contributed by atoms with Crippen molar-refractivity contribution in [2.24, 2.45) is 0 Å². The Morgan fingerprint density at radius 2 is 2.22 bits per heavy atom. The van der Waals surface area contributed by atoms with E-state index in [9.17, 15) is 4.79 Å². The molecular weight excluding hydrogens is 228 g/mol. The maximum Gasteiger partial charge on any atom is 0.224 e. The van der Waals surface area contributed by atoms with Gasteiger partial charge in [0.05, 0.1) is 0 Å². The van der Waals surface area contributed by atoms with E-state index < -0.39 is 0 Å². The zero-order chi connectivity index (χ0) is 13.2. The first-order chi connectivity index (χ1) is 8.76. The van der Waals surface area contributed by atoms with Crippen molar-refractivity contribution in [2.45, 2.75) is 26.3 Å².